The molecule has 4 nitrogen and oxygen atoms in total. The SMILES string of the molecule is COc1ccc(/C=C/c2cccc(Nc3ccc(C(=O)NCCC(C)C)cc3C)c2)cc1. The summed E-state index contributed by atoms with van der Waals surface area (Å²) in [6.07, 6.45) is 5.15. The maximum Gasteiger partial charge on any atom is 0.251 e. The second kappa shape index (κ2) is 11.2. The van der Waals surface area contributed by atoms with E-state index in [1.165, 1.54) is 0 Å². The number of hydrogen-bond acceptors (Lipinski definition) is 3. The van der Waals surface area contributed by atoms with Gasteiger partial charge in [-0.3, -0.25) is 4.79 Å². The predicted octanol–water partition coefficient (Wildman–Crippen LogP) is 6.69. The number of hydrogen-bond donors (Lipinski definition) is 2. The molecule has 0 aliphatic rings. The van der Waals surface area contributed by atoms with Crippen molar-refractivity contribution in [1.82, 2.24) is 5.32 Å². The van der Waals surface area contributed by atoms with Crippen LogP contribution in [-0.2, 0) is 0 Å². The first-order valence-corrected chi connectivity index (χ1v) is 11.0. The Bertz CT molecular complexity index is 1070. The maximum absolute atomic E-state index is 12.4. The van der Waals surface area contributed by atoms with Crippen LogP contribution in [0.4, 0.5) is 11.4 Å². The second-order valence-corrected chi connectivity index (χ2v) is 8.33. The third-order valence-corrected chi connectivity index (χ3v) is 5.25. The van der Waals surface area contributed by atoms with Gasteiger partial charge in [0.15, 0.2) is 0 Å². The smallest absolute Gasteiger partial charge is 0.251 e. The fourth-order valence-corrected chi connectivity index (χ4v) is 3.30. The minimum absolute atomic E-state index is 0.0223. The third kappa shape index (κ3) is 6.74. The quantitative estimate of drug-likeness (QED) is 0.373. The molecular weight excluding hydrogens is 396 g/mol. The summed E-state index contributed by atoms with van der Waals surface area (Å²) in [5.74, 6) is 1.40. The zero-order valence-electron chi connectivity index (χ0n) is 19.3. The molecule has 0 fully saturated rings. The number of rotatable bonds is 9. The monoisotopic (exact) mass is 428 g/mol. The van der Waals surface area contributed by atoms with Gasteiger partial charge in [0.1, 0.15) is 5.75 Å². The summed E-state index contributed by atoms with van der Waals surface area (Å²) in [6.45, 7) is 7.02. The van der Waals surface area contributed by atoms with Gasteiger partial charge < -0.3 is 15.4 Å². The van der Waals surface area contributed by atoms with Gasteiger partial charge in [0.05, 0.1) is 7.11 Å². The molecule has 0 radical (unpaired) electrons. The van der Waals surface area contributed by atoms with E-state index in [1.54, 1.807) is 7.11 Å². The average Bonchev–Trinajstić information content (AvgIpc) is 2.79. The summed E-state index contributed by atoms with van der Waals surface area (Å²) < 4.78 is 5.21. The lowest BCUT2D eigenvalue weighted by atomic mass is 10.1. The summed E-state index contributed by atoms with van der Waals surface area (Å²) >= 11 is 0. The Morgan fingerprint density at radius 3 is 2.41 bits per heavy atom. The maximum atomic E-state index is 12.4. The van der Waals surface area contributed by atoms with Gasteiger partial charge in [0, 0.05) is 23.5 Å². The van der Waals surface area contributed by atoms with Gasteiger partial charge >= 0.3 is 0 Å². The molecule has 0 bridgehead atoms. The van der Waals surface area contributed by atoms with Crippen molar-refractivity contribution in [3.63, 3.8) is 0 Å². The van der Waals surface area contributed by atoms with E-state index < -0.39 is 0 Å². The van der Waals surface area contributed by atoms with Crippen molar-refractivity contribution in [1.29, 1.82) is 0 Å². The van der Waals surface area contributed by atoms with Gasteiger partial charge in [0.25, 0.3) is 5.91 Å². The fourth-order valence-electron chi connectivity index (χ4n) is 3.30. The first-order chi connectivity index (χ1) is 15.4. The number of methoxy groups -OCH3 is 1. The lowest BCUT2D eigenvalue weighted by Crippen LogP contribution is -2.25. The Hall–Kier alpha value is -3.53. The highest BCUT2D eigenvalue weighted by atomic mass is 16.5. The predicted molar refractivity (Wildman–Crippen MR) is 135 cm³/mol. The minimum Gasteiger partial charge on any atom is -0.497 e. The van der Waals surface area contributed by atoms with Crippen molar-refractivity contribution in [2.45, 2.75) is 27.2 Å². The van der Waals surface area contributed by atoms with Crippen molar-refractivity contribution in [3.05, 3.63) is 89.0 Å². The summed E-state index contributed by atoms with van der Waals surface area (Å²) in [4.78, 5) is 12.4. The van der Waals surface area contributed by atoms with Gasteiger partial charge in [-0.15, -0.1) is 0 Å². The number of amides is 1. The Labute approximate surface area is 191 Å². The van der Waals surface area contributed by atoms with Crippen LogP contribution in [0.1, 0.15) is 47.3 Å². The normalized spacial score (nSPS) is 11.0. The zero-order chi connectivity index (χ0) is 22.9. The molecule has 0 unspecified atom stereocenters. The van der Waals surface area contributed by atoms with E-state index in [9.17, 15) is 4.79 Å². The summed E-state index contributed by atoms with van der Waals surface area (Å²) in [5.41, 5.74) is 5.92. The van der Waals surface area contributed by atoms with Crippen molar-refractivity contribution in [2.75, 3.05) is 19.0 Å². The molecule has 166 valence electrons. The second-order valence-electron chi connectivity index (χ2n) is 8.33. The molecule has 0 aliphatic heterocycles. The molecule has 3 aromatic rings. The molecule has 0 aliphatic carbocycles. The highest BCUT2D eigenvalue weighted by molar-refractivity contribution is 5.95. The summed E-state index contributed by atoms with van der Waals surface area (Å²) in [5, 5.41) is 6.46. The highest BCUT2D eigenvalue weighted by Crippen LogP contribution is 2.23. The molecule has 3 aromatic carbocycles. The lowest BCUT2D eigenvalue weighted by Gasteiger charge is -2.12. The van der Waals surface area contributed by atoms with E-state index in [0.29, 0.717) is 18.0 Å². The van der Waals surface area contributed by atoms with Crippen LogP contribution in [0.15, 0.2) is 66.7 Å². The highest BCUT2D eigenvalue weighted by Gasteiger charge is 2.08. The number of nitrogens with one attached hydrogen (secondary N) is 2. The molecule has 32 heavy (non-hydrogen) atoms. The fraction of sp³-hybridized carbons (Fsp3) is 0.250. The Morgan fingerprint density at radius 2 is 1.72 bits per heavy atom. The molecule has 3 rings (SSSR count). The van der Waals surface area contributed by atoms with Crippen LogP contribution in [-0.4, -0.2) is 19.6 Å². The molecule has 1 amide bonds. The number of aryl methyl sites for hydroxylation is 1. The van der Waals surface area contributed by atoms with Gasteiger partial charge in [0.2, 0.25) is 0 Å². The van der Waals surface area contributed by atoms with Crippen LogP contribution < -0.4 is 15.4 Å². The summed E-state index contributed by atoms with van der Waals surface area (Å²) in [7, 11) is 1.67. The largest absolute Gasteiger partial charge is 0.497 e. The Morgan fingerprint density at radius 1 is 0.969 bits per heavy atom. The van der Waals surface area contributed by atoms with Crippen LogP contribution in [0.5, 0.6) is 5.75 Å². The standard InChI is InChI=1S/C28H32N2O2/c1-20(2)16-17-29-28(31)24-12-15-27(21(3)18-24)30-25-7-5-6-23(19-25)9-8-22-10-13-26(32-4)14-11-22/h5-15,18-20,30H,16-17H2,1-4H3,(H,29,31)/b9-8+. The van der Waals surface area contributed by atoms with E-state index in [0.717, 1.165) is 40.2 Å². The number of benzene rings is 3. The minimum atomic E-state index is -0.0223. The van der Waals surface area contributed by atoms with Crippen LogP contribution in [0, 0.1) is 12.8 Å². The molecule has 4 heteroatoms. The van der Waals surface area contributed by atoms with Crippen molar-refractivity contribution in [2.24, 2.45) is 5.92 Å². The Balaban J connectivity index is 1.65. The zero-order valence-corrected chi connectivity index (χ0v) is 19.3. The van der Waals surface area contributed by atoms with Gasteiger partial charge in [-0.25, -0.2) is 0 Å². The van der Waals surface area contributed by atoms with E-state index >= 15 is 0 Å². The number of carbonyl (C=O) groups excluding carboxylic acids is 1. The van der Waals surface area contributed by atoms with Gasteiger partial charge in [-0.2, -0.15) is 0 Å². The van der Waals surface area contributed by atoms with Gasteiger partial charge in [-0.05, 0) is 78.4 Å². The first kappa shape index (κ1) is 23.1. The van der Waals surface area contributed by atoms with E-state index in [4.69, 9.17) is 4.74 Å². The number of ether oxygens (including phenoxy) is 1. The molecule has 0 saturated carbocycles. The van der Waals surface area contributed by atoms with Crippen LogP contribution >= 0.6 is 0 Å². The topological polar surface area (TPSA) is 50.4 Å². The van der Waals surface area contributed by atoms with E-state index in [1.807, 2.05) is 61.5 Å². The van der Waals surface area contributed by atoms with Crippen LogP contribution in [0.2, 0.25) is 0 Å². The molecule has 0 aromatic heterocycles. The van der Waals surface area contributed by atoms with Crippen LogP contribution in [0.3, 0.4) is 0 Å². The summed E-state index contributed by atoms with van der Waals surface area (Å²) in [6, 6.07) is 22.0. The van der Waals surface area contributed by atoms with E-state index in [-0.39, 0.29) is 5.91 Å². The van der Waals surface area contributed by atoms with Gasteiger partial charge in [-0.1, -0.05) is 50.3 Å². The van der Waals surface area contributed by atoms with Crippen molar-refractivity contribution in [3.8, 4) is 5.75 Å². The molecule has 2 N–H and O–H groups in total. The molecule has 0 heterocycles. The lowest BCUT2D eigenvalue weighted by molar-refractivity contribution is 0.0952. The Kier molecular flexibility index (Phi) is 8.09. The van der Waals surface area contributed by atoms with E-state index in [2.05, 4.69) is 48.8 Å². The van der Waals surface area contributed by atoms with Crippen LogP contribution in [0.25, 0.3) is 12.2 Å². The first-order valence-electron chi connectivity index (χ1n) is 11.0. The van der Waals surface area contributed by atoms with Crippen molar-refractivity contribution >= 4 is 29.4 Å². The molecular formula is C28H32N2O2. The number of anilines is 2. The van der Waals surface area contributed by atoms with Crippen molar-refractivity contribution < 1.29 is 9.53 Å². The molecule has 0 saturated heterocycles. The average molecular weight is 429 g/mol. The third-order valence-electron chi connectivity index (χ3n) is 5.25. The number of carbonyl (C=O) groups is 1. The molecule has 0 spiro atoms. The molecule has 0 atom stereocenters.